The van der Waals surface area contributed by atoms with Crippen LogP contribution in [0.3, 0.4) is 0 Å². The second-order valence-corrected chi connectivity index (χ2v) is 6.28. The predicted octanol–water partition coefficient (Wildman–Crippen LogP) is 3.09. The van der Waals surface area contributed by atoms with Crippen LogP contribution in [-0.2, 0) is 11.3 Å². The Balaban J connectivity index is 1.78. The van der Waals surface area contributed by atoms with Crippen molar-refractivity contribution in [2.45, 2.75) is 25.8 Å². The number of anilines is 1. The number of aryl methyl sites for hydroxylation is 1. The Morgan fingerprint density at radius 3 is 2.96 bits per heavy atom. The first-order chi connectivity index (χ1) is 11.6. The van der Waals surface area contributed by atoms with Gasteiger partial charge in [0.2, 0.25) is 5.91 Å². The van der Waals surface area contributed by atoms with Gasteiger partial charge in [-0.15, -0.1) is 0 Å². The van der Waals surface area contributed by atoms with Crippen LogP contribution in [-0.4, -0.2) is 25.7 Å². The Kier molecular flexibility index (Phi) is 3.61. The molecule has 7 heteroatoms. The Morgan fingerprint density at radius 2 is 2.21 bits per heavy atom. The second-order valence-electron chi connectivity index (χ2n) is 5.88. The number of aromatic nitrogens is 4. The standard InChI is InChI=1S/C17H16ClN5O/c1-10-15-12(16-19-6-7-20-16)8-14(24)21-17(15)23(22-10)9-11-4-2-3-5-13(11)18/h2-7,12H,8-9H2,1H3,(H,19,20)(H,21,24). The van der Waals surface area contributed by atoms with E-state index < -0.39 is 0 Å². The van der Waals surface area contributed by atoms with E-state index in [1.165, 1.54) is 0 Å². The third-order valence-electron chi connectivity index (χ3n) is 4.30. The number of aromatic amines is 1. The minimum absolute atomic E-state index is 0.0378. The summed E-state index contributed by atoms with van der Waals surface area (Å²) in [7, 11) is 0. The van der Waals surface area contributed by atoms with Gasteiger partial charge in [-0.1, -0.05) is 29.8 Å². The van der Waals surface area contributed by atoms with Crippen LogP contribution in [0.1, 0.15) is 35.0 Å². The average Bonchev–Trinajstić information content (AvgIpc) is 3.18. The Labute approximate surface area is 143 Å². The molecule has 0 radical (unpaired) electrons. The van der Waals surface area contributed by atoms with Crippen LogP contribution in [0.4, 0.5) is 5.82 Å². The number of H-pyrrole nitrogens is 1. The molecule has 2 aromatic heterocycles. The van der Waals surface area contributed by atoms with Crippen molar-refractivity contribution in [3.63, 3.8) is 0 Å². The normalized spacial score (nSPS) is 16.8. The molecule has 1 unspecified atom stereocenters. The van der Waals surface area contributed by atoms with Gasteiger partial charge in [0.15, 0.2) is 0 Å². The number of imidazole rings is 1. The molecule has 1 aromatic carbocycles. The first-order valence-corrected chi connectivity index (χ1v) is 8.11. The second kappa shape index (κ2) is 5.79. The van der Waals surface area contributed by atoms with Crippen LogP contribution in [0, 0.1) is 6.92 Å². The molecule has 2 N–H and O–H groups in total. The van der Waals surface area contributed by atoms with Crippen molar-refractivity contribution in [2.24, 2.45) is 0 Å². The summed E-state index contributed by atoms with van der Waals surface area (Å²) in [5.41, 5.74) is 2.86. The molecule has 0 saturated heterocycles. The summed E-state index contributed by atoms with van der Waals surface area (Å²) in [6.07, 6.45) is 3.83. The van der Waals surface area contributed by atoms with Gasteiger partial charge in [0.05, 0.1) is 18.2 Å². The van der Waals surface area contributed by atoms with Crippen LogP contribution in [0.15, 0.2) is 36.7 Å². The number of fused-ring (bicyclic) bond motifs is 1. The summed E-state index contributed by atoms with van der Waals surface area (Å²) < 4.78 is 1.80. The van der Waals surface area contributed by atoms with E-state index in [1.807, 2.05) is 31.2 Å². The molecule has 3 heterocycles. The largest absolute Gasteiger partial charge is 0.348 e. The van der Waals surface area contributed by atoms with Crippen molar-refractivity contribution in [2.75, 3.05) is 5.32 Å². The Hall–Kier alpha value is -2.60. The first kappa shape index (κ1) is 15.0. The molecule has 6 nitrogen and oxygen atoms in total. The zero-order valence-electron chi connectivity index (χ0n) is 13.1. The van der Waals surface area contributed by atoms with E-state index in [0.29, 0.717) is 18.0 Å². The molecule has 0 bridgehead atoms. The number of carbonyl (C=O) groups is 1. The lowest BCUT2D eigenvalue weighted by Crippen LogP contribution is -2.25. The lowest BCUT2D eigenvalue weighted by molar-refractivity contribution is -0.116. The fourth-order valence-electron chi connectivity index (χ4n) is 3.22. The van der Waals surface area contributed by atoms with Crippen molar-refractivity contribution in [1.29, 1.82) is 0 Å². The molecule has 4 rings (SSSR count). The van der Waals surface area contributed by atoms with E-state index in [0.717, 1.165) is 28.5 Å². The molecule has 0 fully saturated rings. The number of halogens is 1. The van der Waals surface area contributed by atoms with Crippen molar-refractivity contribution in [1.82, 2.24) is 19.7 Å². The number of nitrogens with one attached hydrogen (secondary N) is 2. The molecule has 24 heavy (non-hydrogen) atoms. The van der Waals surface area contributed by atoms with E-state index in [9.17, 15) is 4.79 Å². The van der Waals surface area contributed by atoms with Crippen molar-refractivity contribution in [3.8, 4) is 0 Å². The summed E-state index contributed by atoms with van der Waals surface area (Å²) in [6, 6.07) is 7.64. The number of carbonyl (C=O) groups excluding carboxylic acids is 1. The van der Waals surface area contributed by atoms with Gasteiger partial charge in [-0.3, -0.25) is 4.79 Å². The highest BCUT2D eigenvalue weighted by atomic mass is 35.5. The van der Waals surface area contributed by atoms with Gasteiger partial charge in [-0.2, -0.15) is 5.10 Å². The van der Waals surface area contributed by atoms with Gasteiger partial charge in [0.25, 0.3) is 0 Å². The molecule has 122 valence electrons. The highest BCUT2D eigenvalue weighted by molar-refractivity contribution is 6.31. The summed E-state index contributed by atoms with van der Waals surface area (Å²) in [5, 5.41) is 8.27. The minimum atomic E-state index is -0.108. The van der Waals surface area contributed by atoms with Gasteiger partial charge in [-0.25, -0.2) is 9.67 Å². The topological polar surface area (TPSA) is 75.6 Å². The summed E-state index contributed by atoms with van der Waals surface area (Å²) in [5.74, 6) is 1.37. The number of hydrogen-bond donors (Lipinski definition) is 2. The number of nitrogens with zero attached hydrogens (tertiary/aromatic N) is 3. The maximum atomic E-state index is 12.2. The van der Waals surface area contributed by atoms with Crippen LogP contribution in [0.2, 0.25) is 5.02 Å². The summed E-state index contributed by atoms with van der Waals surface area (Å²) >= 11 is 6.26. The quantitative estimate of drug-likeness (QED) is 0.768. The first-order valence-electron chi connectivity index (χ1n) is 7.73. The fraction of sp³-hybridized carbons (Fsp3) is 0.235. The smallest absolute Gasteiger partial charge is 0.226 e. The molecule has 1 aliphatic heterocycles. The van der Waals surface area contributed by atoms with Gasteiger partial charge >= 0.3 is 0 Å². The Morgan fingerprint density at radius 1 is 1.38 bits per heavy atom. The van der Waals surface area contributed by atoms with Crippen molar-refractivity contribution >= 4 is 23.3 Å². The van der Waals surface area contributed by atoms with Gasteiger partial charge in [-0.05, 0) is 18.6 Å². The minimum Gasteiger partial charge on any atom is -0.348 e. The predicted molar refractivity (Wildman–Crippen MR) is 91.2 cm³/mol. The van der Waals surface area contributed by atoms with Crippen molar-refractivity contribution in [3.05, 3.63) is 64.3 Å². The molecule has 1 amide bonds. The number of benzene rings is 1. The van der Waals surface area contributed by atoms with Crippen molar-refractivity contribution < 1.29 is 4.79 Å². The maximum absolute atomic E-state index is 12.2. The molecule has 0 saturated carbocycles. The van der Waals surface area contributed by atoms with Gasteiger partial charge < -0.3 is 10.3 Å². The van der Waals surface area contributed by atoms with E-state index in [4.69, 9.17) is 11.6 Å². The van der Waals surface area contributed by atoms with Crippen LogP contribution < -0.4 is 5.32 Å². The van der Waals surface area contributed by atoms with E-state index >= 15 is 0 Å². The van der Waals surface area contributed by atoms with Gasteiger partial charge in [0.1, 0.15) is 11.6 Å². The molecule has 1 atom stereocenters. The number of hydrogen-bond acceptors (Lipinski definition) is 3. The molecular weight excluding hydrogens is 326 g/mol. The van der Waals surface area contributed by atoms with Crippen LogP contribution in [0.25, 0.3) is 0 Å². The zero-order valence-corrected chi connectivity index (χ0v) is 13.8. The van der Waals surface area contributed by atoms with E-state index in [2.05, 4.69) is 20.4 Å². The average molecular weight is 342 g/mol. The molecule has 0 spiro atoms. The van der Waals surface area contributed by atoms with Crippen LogP contribution >= 0.6 is 11.6 Å². The molecular formula is C17H16ClN5O. The highest BCUT2D eigenvalue weighted by Crippen LogP contribution is 2.38. The lowest BCUT2D eigenvalue weighted by atomic mass is 9.91. The zero-order chi connectivity index (χ0) is 16.7. The summed E-state index contributed by atoms with van der Waals surface area (Å²) in [6.45, 7) is 2.45. The maximum Gasteiger partial charge on any atom is 0.226 e. The number of amides is 1. The van der Waals surface area contributed by atoms with Gasteiger partial charge in [0, 0.05) is 29.4 Å². The SMILES string of the molecule is Cc1nn(Cc2ccccc2Cl)c2c1C(c1ncc[nH]1)CC(=O)N2. The van der Waals surface area contributed by atoms with Crippen LogP contribution in [0.5, 0.6) is 0 Å². The third kappa shape index (κ3) is 2.49. The molecule has 1 aliphatic rings. The Bertz CT molecular complexity index is 900. The fourth-order valence-corrected chi connectivity index (χ4v) is 3.41. The van der Waals surface area contributed by atoms with E-state index in [1.54, 1.807) is 17.1 Å². The number of rotatable bonds is 3. The summed E-state index contributed by atoms with van der Waals surface area (Å²) in [4.78, 5) is 19.6. The van der Waals surface area contributed by atoms with E-state index in [-0.39, 0.29) is 11.8 Å². The third-order valence-corrected chi connectivity index (χ3v) is 4.67. The monoisotopic (exact) mass is 341 g/mol. The molecule has 3 aromatic rings. The lowest BCUT2D eigenvalue weighted by Gasteiger charge is -2.22. The molecule has 0 aliphatic carbocycles. The highest BCUT2D eigenvalue weighted by Gasteiger charge is 2.33.